The van der Waals surface area contributed by atoms with Crippen molar-refractivity contribution in [2.45, 2.75) is 25.3 Å². The highest BCUT2D eigenvalue weighted by molar-refractivity contribution is 6.10. The highest BCUT2D eigenvalue weighted by Crippen LogP contribution is 2.44. The summed E-state index contributed by atoms with van der Waals surface area (Å²) in [6, 6.07) is 16.0. The van der Waals surface area contributed by atoms with Crippen molar-refractivity contribution in [1.82, 2.24) is 4.90 Å². The van der Waals surface area contributed by atoms with Gasteiger partial charge in [-0.1, -0.05) is 36.4 Å². The third-order valence-electron chi connectivity index (χ3n) is 5.58. The lowest BCUT2D eigenvalue weighted by Crippen LogP contribution is -2.31. The Morgan fingerprint density at radius 1 is 0.955 bits per heavy atom. The predicted octanol–water partition coefficient (Wildman–Crippen LogP) is 4.27. The summed E-state index contributed by atoms with van der Waals surface area (Å²) in [5.74, 6) is 0. The van der Waals surface area contributed by atoms with Gasteiger partial charge in [0.2, 0.25) is 0 Å². The van der Waals surface area contributed by atoms with E-state index < -0.39 is 0 Å². The van der Waals surface area contributed by atoms with E-state index in [9.17, 15) is 0 Å². The van der Waals surface area contributed by atoms with Crippen LogP contribution in [-0.4, -0.2) is 18.0 Å². The summed E-state index contributed by atoms with van der Waals surface area (Å²) in [6.07, 6.45) is 3.70. The second-order valence-corrected chi connectivity index (χ2v) is 6.68. The van der Waals surface area contributed by atoms with E-state index in [0.717, 1.165) is 12.1 Å². The van der Waals surface area contributed by atoms with Gasteiger partial charge in [-0.05, 0) is 64.5 Å². The van der Waals surface area contributed by atoms with Crippen LogP contribution in [-0.2, 0) is 6.42 Å². The van der Waals surface area contributed by atoms with Gasteiger partial charge in [-0.25, -0.2) is 0 Å². The van der Waals surface area contributed by atoms with Crippen LogP contribution >= 0.6 is 0 Å². The van der Waals surface area contributed by atoms with Crippen LogP contribution in [0, 0.1) is 0 Å². The van der Waals surface area contributed by atoms with Crippen LogP contribution in [0.3, 0.4) is 0 Å². The lowest BCUT2D eigenvalue weighted by molar-refractivity contribution is 0.245. The van der Waals surface area contributed by atoms with Gasteiger partial charge in [0.05, 0.1) is 0 Å². The van der Waals surface area contributed by atoms with Gasteiger partial charge >= 0.3 is 0 Å². The molecule has 2 aliphatic rings. The van der Waals surface area contributed by atoms with Crippen LogP contribution in [0.2, 0.25) is 0 Å². The maximum Gasteiger partial charge on any atom is 0.0372 e. The Balaban J connectivity index is 1.87. The molecule has 0 amide bonds. The molecule has 1 saturated heterocycles. The standard InChI is InChI=1S/C20H20N2/c21-18-12-17-14-5-2-1-4-13(14)7-8-15(17)16-9-11-22-10-3-6-19(22)20(16)18/h1-2,4-5,7-8,12,19H,3,6,9-11,21H2. The maximum atomic E-state index is 6.53. The Morgan fingerprint density at radius 2 is 1.86 bits per heavy atom. The van der Waals surface area contributed by atoms with Crippen molar-refractivity contribution in [2.24, 2.45) is 0 Å². The molecule has 3 aromatic rings. The number of nitrogens with zero attached hydrogens (tertiary/aromatic N) is 1. The van der Waals surface area contributed by atoms with Gasteiger partial charge in [-0.3, -0.25) is 4.90 Å². The molecule has 5 rings (SSSR count). The summed E-state index contributed by atoms with van der Waals surface area (Å²) in [7, 11) is 0. The summed E-state index contributed by atoms with van der Waals surface area (Å²) in [5.41, 5.74) is 10.4. The molecule has 2 N–H and O–H groups in total. The fourth-order valence-electron chi connectivity index (χ4n) is 4.61. The Kier molecular flexibility index (Phi) is 2.53. The largest absolute Gasteiger partial charge is 0.398 e. The number of anilines is 1. The second-order valence-electron chi connectivity index (χ2n) is 6.68. The van der Waals surface area contributed by atoms with E-state index in [-0.39, 0.29) is 0 Å². The zero-order valence-electron chi connectivity index (χ0n) is 12.7. The monoisotopic (exact) mass is 288 g/mol. The van der Waals surface area contributed by atoms with Crippen LogP contribution in [0.1, 0.15) is 30.0 Å². The fourth-order valence-corrected chi connectivity index (χ4v) is 4.61. The summed E-state index contributed by atoms with van der Waals surface area (Å²) >= 11 is 0. The minimum absolute atomic E-state index is 0.555. The SMILES string of the molecule is Nc1cc2c(ccc3ccccc32)c2c1C1CCCN1CC2. The number of rotatable bonds is 0. The van der Waals surface area contributed by atoms with E-state index in [4.69, 9.17) is 5.73 Å². The molecule has 110 valence electrons. The van der Waals surface area contributed by atoms with E-state index in [1.807, 2.05) is 0 Å². The van der Waals surface area contributed by atoms with Crippen molar-refractivity contribution < 1.29 is 0 Å². The maximum absolute atomic E-state index is 6.53. The number of hydrogen-bond donors (Lipinski definition) is 1. The molecule has 2 nitrogen and oxygen atoms in total. The Morgan fingerprint density at radius 3 is 2.82 bits per heavy atom. The summed E-state index contributed by atoms with van der Waals surface area (Å²) < 4.78 is 0. The average Bonchev–Trinajstić information content (AvgIpc) is 3.03. The quantitative estimate of drug-likeness (QED) is 0.494. The van der Waals surface area contributed by atoms with Crippen LogP contribution in [0.4, 0.5) is 5.69 Å². The zero-order valence-corrected chi connectivity index (χ0v) is 12.7. The molecule has 1 fully saturated rings. The van der Waals surface area contributed by atoms with Gasteiger partial charge in [0.1, 0.15) is 0 Å². The number of fused-ring (bicyclic) bond motifs is 7. The molecule has 22 heavy (non-hydrogen) atoms. The third-order valence-corrected chi connectivity index (χ3v) is 5.58. The van der Waals surface area contributed by atoms with E-state index in [1.54, 1.807) is 0 Å². The molecule has 0 spiro atoms. The number of nitrogen functional groups attached to an aromatic ring is 1. The summed E-state index contributed by atoms with van der Waals surface area (Å²) in [4.78, 5) is 2.62. The van der Waals surface area contributed by atoms with E-state index in [0.29, 0.717) is 6.04 Å². The van der Waals surface area contributed by atoms with Crippen molar-refractivity contribution in [2.75, 3.05) is 18.8 Å². The molecule has 2 heterocycles. The van der Waals surface area contributed by atoms with E-state index in [1.165, 1.54) is 58.6 Å². The molecule has 2 aliphatic heterocycles. The first-order valence-corrected chi connectivity index (χ1v) is 8.30. The van der Waals surface area contributed by atoms with E-state index in [2.05, 4.69) is 47.4 Å². The Labute approximate surface area is 130 Å². The molecule has 0 saturated carbocycles. The van der Waals surface area contributed by atoms with Crippen molar-refractivity contribution in [3.63, 3.8) is 0 Å². The Hall–Kier alpha value is -2.06. The topological polar surface area (TPSA) is 29.3 Å². The van der Waals surface area contributed by atoms with Gasteiger partial charge in [-0.2, -0.15) is 0 Å². The normalized spacial score (nSPS) is 21.2. The lowest BCUT2D eigenvalue weighted by atomic mass is 9.86. The van der Waals surface area contributed by atoms with Crippen molar-refractivity contribution in [3.05, 3.63) is 53.6 Å². The van der Waals surface area contributed by atoms with Crippen LogP contribution in [0.25, 0.3) is 21.5 Å². The summed E-state index contributed by atoms with van der Waals surface area (Å²) in [6.45, 7) is 2.42. The van der Waals surface area contributed by atoms with Crippen LogP contribution < -0.4 is 5.73 Å². The van der Waals surface area contributed by atoms with Crippen LogP contribution in [0.5, 0.6) is 0 Å². The predicted molar refractivity (Wildman–Crippen MR) is 93.1 cm³/mol. The third kappa shape index (κ3) is 1.59. The first-order valence-electron chi connectivity index (χ1n) is 8.30. The number of hydrogen-bond acceptors (Lipinski definition) is 2. The molecule has 3 aromatic carbocycles. The highest BCUT2D eigenvalue weighted by Gasteiger charge is 2.33. The smallest absolute Gasteiger partial charge is 0.0372 e. The van der Waals surface area contributed by atoms with Gasteiger partial charge in [-0.15, -0.1) is 0 Å². The number of benzene rings is 3. The zero-order chi connectivity index (χ0) is 14.7. The highest BCUT2D eigenvalue weighted by atomic mass is 15.2. The Bertz CT molecular complexity index is 897. The van der Waals surface area contributed by atoms with Gasteiger partial charge < -0.3 is 5.73 Å². The number of nitrogens with two attached hydrogens (primary N) is 1. The molecular formula is C20H20N2. The molecule has 1 atom stereocenters. The van der Waals surface area contributed by atoms with Gasteiger partial charge in [0.15, 0.2) is 0 Å². The van der Waals surface area contributed by atoms with Gasteiger partial charge in [0.25, 0.3) is 0 Å². The summed E-state index contributed by atoms with van der Waals surface area (Å²) in [5, 5.41) is 5.35. The first kappa shape index (κ1) is 12.5. The molecule has 0 aliphatic carbocycles. The van der Waals surface area contributed by atoms with Crippen LogP contribution in [0.15, 0.2) is 42.5 Å². The average molecular weight is 288 g/mol. The molecule has 0 radical (unpaired) electrons. The van der Waals surface area contributed by atoms with E-state index >= 15 is 0 Å². The van der Waals surface area contributed by atoms with Crippen molar-refractivity contribution >= 4 is 27.2 Å². The molecule has 1 unspecified atom stereocenters. The molecule has 2 heteroatoms. The second kappa shape index (κ2) is 4.47. The van der Waals surface area contributed by atoms with Crippen molar-refractivity contribution in [1.29, 1.82) is 0 Å². The fraction of sp³-hybridized carbons (Fsp3) is 0.300. The first-order chi connectivity index (χ1) is 10.8. The van der Waals surface area contributed by atoms with Gasteiger partial charge in [0, 0.05) is 18.3 Å². The molecule has 0 aromatic heterocycles. The molecular weight excluding hydrogens is 268 g/mol. The van der Waals surface area contributed by atoms with Crippen molar-refractivity contribution in [3.8, 4) is 0 Å². The lowest BCUT2D eigenvalue weighted by Gasteiger charge is -2.33. The molecule has 0 bridgehead atoms. The minimum atomic E-state index is 0.555. The minimum Gasteiger partial charge on any atom is -0.398 e.